The fourth-order valence-corrected chi connectivity index (χ4v) is 4.22. The van der Waals surface area contributed by atoms with Crippen molar-refractivity contribution >= 4 is 34.4 Å². The van der Waals surface area contributed by atoms with E-state index in [0.717, 1.165) is 0 Å². The van der Waals surface area contributed by atoms with E-state index in [1.54, 1.807) is 36.4 Å². The van der Waals surface area contributed by atoms with E-state index in [0.29, 0.717) is 40.3 Å². The summed E-state index contributed by atoms with van der Waals surface area (Å²) >= 11 is 0. The molecule has 3 heterocycles. The third-order valence-corrected chi connectivity index (χ3v) is 5.81. The van der Waals surface area contributed by atoms with Crippen LogP contribution in [0, 0.1) is 0 Å². The van der Waals surface area contributed by atoms with Crippen LogP contribution in [-0.4, -0.2) is 45.5 Å². The number of H-pyrrole nitrogens is 1. The molecular formula is C26H22N4O5. The number of hydrogen-bond donors (Lipinski definition) is 2. The summed E-state index contributed by atoms with van der Waals surface area (Å²) in [7, 11) is 1.53. The average Bonchev–Trinajstić information content (AvgIpc) is 3.42. The lowest BCUT2D eigenvalue weighted by Crippen LogP contribution is -2.30. The van der Waals surface area contributed by atoms with E-state index in [4.69, 9.17) is 9.47 Å². The number of methoxy groups -OCH3 is 1. The van der Waals surface area contributed by atoms with Gasteiger partial charge in [-0.2, -0.15) is 0 Å². The summed E-state index contributed by atoms with van der Waals surface area (Å²) in [4.78, 5) is 39.6. The van der Waals surface area contributed by atoms with Gasteiger partial charge in [0.1, 0.15) is 5.76 Å². The van der Waals surface area contributed by atoms with Crippen molar-refractivity contribution in [3.05, 3.63) is 83.7 Å². The van der Waals surface area contributed by atoms with Crippen LogP contribution in [0.25, 0.3) is 16.8 Å². The molecule has 1 aliphatic heterocycles. The van der Waals surface area contributed by atoms with E-state index in [-0.39, 0.29) is 17.3 Å². The quantitative estimate of drug-likeness (QED) is 0.249. The van der Waals surface area contributed by atoms with Crippen molar-refractivity contribution in [1.82, 2.24) is 15.0 Å². The molecule has 176 valence electrons. The van der Waals surface area contributed by atoms with Gasteiger partial charge >= 0.3 is 5.91 Å². The van der Waals surface area contributed by atoms with Crippen molar-refractivity contribution in [2.45, 2.75) is 13.0 Å². The maximum absolute atomic E-state index is 13.3. The number of aliphatic hydroxyl groups excluding tert-OH is 1. The SMILES string of the molecule is CCOc1cc(C2/C(=C(\O)c3ccncc3)C(=O)C(=O)N2c2nc3ccccc3[nH]2)ccc1OC. The maximum atomic E-state index is 13.3. The maximum Gasteiger partial charge on any atom is 0.302 e. The molecule has 1 fully saturated rings. The van der Waals surface area contributed by atoms with Gasteiger partial charge in [0.05, 0.1) is 36.4 Å². The van der Waals surface area contributed by atoms with Crippen LogP contribution >= 0.6 is 0 Å². The zero-order valence-corrected chi connectivity index (χ0v) is 19.1. The molecular weight excluding hydrogens is 448 g/mol. The van der Waals surface area contributed by atoms with Crippen LogP contribution in [0.4, 0.5) is 5.95 Å². The van der Waals surface area contributed by atoms with Gasteiger partial charge in [-0.15, -0.1) is 0 Å². The number of anilines is 1. The lowest BCUT2D eigenvalue weighted by molar-refractivity contribution is -0.132. The number of ketones is 1. The molecule has 9 heteroatoms. The van der Waals surface area contributed by atoms with E-state index < -0.39 is 17.7 Å². The predicted octanol–water partition coefficient (Wildman–Crippen LogP) is 3.99. The van der Waals surface area contributed by atoms with Gasteiger partial charge in [0.2, 0.25) is 5.95 Å². The molecule has 0 aliphatic carbocycles. The second-order valence-corrected chi connectivity index (χ2v) is 7.83. The molecule has 1 amide bonds. The molecule has 0 spiro atoms. The highest BCUT2D eigenvalue weighted by Crippen LogP contribution is 2.43. The Balaban J connectivity index is 1.74. The van der Waals surface area contributed by atoms with Crippen LogP contribution in [0.1, 0.15) is 24.1 Å². The van der Waals surface area contributed by atoms with E-state index in [9.17, 15) is 14.7 Å². The molecule has 9 nitrogen and oxygen atoms in total. The lowest BCUT2D eigenvalue weighted by Gasteiger charge is -2.24. The molecule has 1 aliphatic rings. The van der Waals surface area contributed by atoms with Crippen molar-refractivity contribution in [3.63, 3.8) is 0 Å². The number of imidazole rings is 1. The first-order valence-corrected chi connectivity index (χ1v) is 11.0. The molecule has 35 heavy (non-hydrogen) atoms. The number of nitrogens with one attached hydrogen (secondary N) is 1. The van der Waals surface area contributed by atoms with Crippen molar-refractivity contribution in [3.8, 4) is 11.5 Å². The van der Waals surface area contributed by atoms with Gasteiger partial charge in [-0.1, -0.05) is 18.2 Å². The third-order valence-electron chi connectivity index (χ3n) is 5.81. The largest absolute Gasteiger partial charge is 0.507 e. The highest BCUT2D eigenvalue weighted by atomic mass is 16.5. The second kappa shape index (κ2) is 8.94. The summed E-state index contributed by atoms with van der Waals surface area (Å²) < 4.78 is 11.1. The number of rotatable bonds is 6. The van der Waals surface area contributed by atoms with Crippen LogP contribution in [0.5, 0.6) is 11.5 Å². The minimum atomic E-state index is -0.964. The summed E-state index contributed by atoms with van der Waals surface area (Å²) in [5.74, 6) is -0.780. The number of aromatic nitrogens is 3. The van der Waals surface area contributed by atoms with Gasteiger partial charge < -0.3 is 19.6 Å². The number of hydrogen-bond acceptors (Lipinski definition) is 7. The Morgan fingerprint density at radius 2 is 1.86 bits per heavy atom. The number of ether oxygens (including phenoxy) is 2. The molecule has 0 bridgehead atoms. The fraction of sp³-hybridized carbons (Fsp3) is 0.154. The predicted molar refractivity (Wildman–Crippen MR) is 129 cm³/mol. The Morgan fingerprint density at radius 1 is 1.09 bits per heavy atom. The number of carbonyl (C=O) groups is 2. The van der Waals surface area contributed by atoms with Crippen LogP contribution in [-0.2, 0) is 9.59 Å². The number of carbonyl (C=O) groups excluding carboxylic acids is 2. The standard InChI is InChI=1S/C26H22N4O5/c1-3-35-20-14-16(8-9-19(20)34-2)22-21(23(31)15-10-12-27-13-11-15)24(32)25(33)30(22)26-28-17-6-4-5-7-18(17)29-26/h4-14,22,31H,3H2,1-2H3,(H,28,29)/b23-21+. The Bertz CT molecular complexity index is 1430. The van der Waals surface area contributed by atoms with Crippen LogP contribution in [0.3, 0.4) is 0 Å². The van der Waals surface area contributed by atoms with E-state index in [1.807, 2.05) is 25.1 Å². The minimum absolute atomic E-state index is 0.0609. The molecule has 0 radical (unpaired) electrons. The van der Waals surface area contributed by atoms with E-state index >= 15 is 0 Å². The first-order chi connectivity index (χ1) is 17.0. The van der Waals surface area contributed by atoms with E-state index in [2.05, 4.69) is 15.0 Å². The number of fused-ring (bicyclic) bond motifs is 1. The summed E-state index contributed by atoms with van der Waals surface area (Å²) in [5.41, 5.74) is 2.20. The van der Waals surface area contributed by atoms with Crippen LogP contribution in [0.15, 0.2) is 72.6 Å². The number of aromatic amines is 1. The smallest absolute Gasteiger partial charge is 0.302 e. The van der Waals surface area contributed by atoms with Crippen molar-refractivity contribution in [1.29, 1.82) is 0 Å². The summed E-state index contributed by atoms with van der Waals surface area (Å²) in [6.07, 6.45) is 3.00. The molecule has 0 saturated carbocycles. The van der Waals surface area contributed by atoms with Crippen molar-refractivity contribution < 1.29 is 24.2 Å². The van der Waals surface area contributed by atoms with Gasteiger partial charge in [0.15, 0.2) is 11.5 Å². The fourth-order valence-electron chi connectivity index (χ4n) is 4.22. The lowest BCUT2D eigenvalue weighted by atomic mass is 9.95. The number of para-hydroxylation sites is 2. The third kappa shape index (κ3) is 3.76. The first kappa shape index (κ1) is 22.1. The monoisotopic (exact) mass is 470 g/mol. The topological polar surface area (TPSA) is 118 Å². The molecule has 2 aromatic carbocycles. The Kier molecular flexibility index (Phi) is 5.66. The molecule has 5 rings (SSSR count). The highest BCUT2D eigenvalue weighted by molar-refractivity contribution is 6.51. The molecule has 1 saturated heterocycles. The highest BCUT2D eigenvalue weighted by Gasteiger charge is 2.48. The molecule has 2 aromatic heterocycles. The average molecular weight is 470 g/mol. The van der Waals surface area contributed by atoms with Crippen LogP contribution in [0.2, 0.25) is 0 Å². The van der Waals surface area contributed by atoms with Crippen molar-refractivity contribution in [2.24, 2.45) is 0 Å². The Labute approximate surface area is 200 Å². The molecule has 2 N–H and O–H groups in total. The van der Waals surface area contributed by atoms with Crippen LogP contribution < -0.4 is 14.4 Å². The number of benzene rings is 2. The zero-order valence-electron chi connectivity index (χ0n) is 19.1. The normalized spacial score (nSPS) is 17.2. The molecule has 1 atom stereocenters. The van der Waals surface area contributed by atoms with Gasteiger partial charge in [-0.05, 0) is 48.9 Å². The number of aliphatic hydroxyl groups is 1. The number of nitrogens with zero attached hydrogens (tertiary/aromatic N) is 3. The van der Waals surface area contributed by atoms with E-state index in [1.165, 1.54) is 24.4 Å². The Morgan fingerprint density at radius 3 is 2.57 bits per heavy atom. The molecule has 4 aromatic rings. The van der Waals surface area contributed by atoms with Crippen molar-refractivity contribution in [2.75, 3.05) is 18.6 Å². The number of amides is 1. The van der Waals surface area contributed by atoms with Gasteiger partial charge in [0.25, 0.3) is 5.78 Å². The number of Topliss-reactive ketones (excluding diaryl/α,β-unsaturated/α-hetero) is 1. The molecule has 1 unspecified atom stereocenters. The first-order valence-electron chi connectivity index (χ1n) is 11.0. The summed E-state index contributed by atoms with van der Waals surface area (Å²) in [6.45, 7) is 2.23. The van der Waals surface area contributed by atoms with Gasteiger partial charge in [0, 0.05) is 18.0 Å². The number of pyridine rings is 1. The summed E-state index contributed by atoms with van der Waals surface area (Å²) in [5, 5.41) is 11.2. The second-order valence-electron chi connectivity index (χ2n) is 7.83. The zero-order chi connectivity index (χ0) is 24.5. The summed E-state index contributed by atoms with van der Waals surface area (Å²) in [6, 6.07) is 14.6. The van der Waals surface area contributed by atoms with Gasteiger partial charge in [-0.3, -0.25) is 19.5 Å². The Hall–Kier alpha value is -4.66. The minimum Gasteiger partial charge on any atom is -0.507 e. The van der Waals surface area contributed by atoms with Gasteiger partial charge in [-0.25, -0.2) is 4.98 Å².